The standard InChI is InChI=1S/C60H38N2S2/c1-2-16-39(17-3-1)40-32-34-41(35-33-40)61(53-27-9-5-19-44(53)49-23-14-25-51-47-21-7-12-30-57(47)63-59(49)51)42-36-37-46-43-18-4-10-28-54(43)62(56(46)38-42)55-29-11-6-20-45(55)50-24-15-26-52-48-22-8-13-31-58(48)64-60(50)52/h1-38H. The molecule has 3 heterocycles. The van der Waals surface area contributed by atoms with E-state index in [2.05, 4.69) is 240 Å². The summed E-state index contributed by atoms with van der Waals surface area (Å²) in [6.07, 6.45) is 0. The number of benzene rings is 10. The minimum Gasteiger partial charge on any atom is -0.310 e. The molecular weight excluding hydrogens is 813 g/mol. The molecule has 0 saturated heterocycles. The lowest BCUT2D eigenvalue weighted by Crippen LogP contribution is -2.11. The summed E-state index contributed by atoms with van der Waals surface area (Å²) in [5.41, 5.74) is 14.1. The van der Waals surface area contributed by atoms with Crippen molar-refractivity contribution in [2.75, 3.05) is 4.90 Å². The second kappa shape index (κ2) is 15.0. The zero-order valence-corrected chi connectivity index (χ0v) is 36.3. The van der Waals surface area contributed by atoms with Gasteiger partial charge in [0.05, 0.1) is 22.4 Å². The number of hydrogen-bond acceptors (Lipinski definition) is 3. The van der Waals surface area contributed by atoms with Gasteiger partial charge in [-0.3, -0.25) is 0 Å². The van der Waals surface area contributed by atoms with Crippen molar-refractivity contribution >= 4 is 102 Å². The van der Waals surface area contributed by atoms with E-state index in [1.807, 2.05) is 22.7 Å². The van der Waals surface area contributed by atoms with Crippen molar-refractivity contribution in [3.05, 3.63) is 231 Å². The van der Waals surface area contributed by atoms with Gasteiger partial charge in [-0.25, -0.2) is 0 Å². The third-order valence-corrected chi connectivity index (χ3v) is 15.3. The van der Waals surface area contributed by atoms with E-state index in [1.54, 1.807) is 0 Å². The first kappa shape index (κ1) is 36.9. The Labute approximate surface area is 378 Å². The van der Waals surface area contributed by atoms with Crippen LogP contribution in [0, 0.1) is 0 Å². The Balaban J connectivity index is 1.05. The fourth-order valence-electron chi connectivity index (χ4n) is 9.93. The van der Waals surface area contributed by atoms with Crippen LogP contribution in [0.5, 0.6) is 0 Å². The maximum Gasteiger partial charge on any atom is 0.0562 e. The molecule has 2 nitrogen and oxygen atoms in total. The van der Waals surface area contributed by atoms with Gasteiger partial charge in [0, 0.05) is 84.7 Å². The van der Waals surface area contributed by atoms with Crippen LogP contribution in [0.1, 0.15) is 0 Å². The Morgan fingerprint density at radius 2 is 0.812 bits per heavy atom. The molecule has 0 fully saturated rings. The van der Waals surface area contributed by atoms with Gasteiger partial charge in [-0.1, -0.05) is 176 Å². The lowest BCUT2D eigenvalue weighted by Gasteiger charge is -2.28. The van der Waals surface area contributed by atoms with Crippen molar-refractivity contribution in [1.29, 1.82) is 0 Å². The van der Waals surface area contributed by atoms with E-state index < -0.39 is 0 Å². The van der Waals surface area contributed by atoms with Crippen molar-refractivity contribution < 1.29 is 0 Å². The lowest BCUT2D eigenvalue weighted by atomic mass is 9.99. The fourth-order valence-corrected chi connectivity index (χ4v) is 12.4. The number of nitrogens with zero attached hydrogens (tertiary/aromatic N) is 2. The molecule has 4 heteroatoms. The van der Waals surface area contributed by atoms with E-state index in [9.17, 15) is 0 Å². The maximum absolute atomic E-state index is 2.50. The highest BCUT2D eigenvalue weighted by Gasteiger charge is 2.23. The molecule has 0 unspecified atom stereocenters. The normalized spacial score (nSPS) is 11.8. The number of thiophene rings is 2. The minimum atomic E-state index is 1.09. The van der Waals surface area contributed by atoms with E-state index in [1.165, 1.54) is 90.0 Å². The molecule has 13 rings (SSSR count). The summed E-state index contributed by atoms with van der Waals surface area (Å²) in [6, 6.07) is 84.6. The molecule has 0 N–H and O–H groups in total. The topological polar surface area (TPSA) is 8.17 Å². The highest BCUT2D eigenvalue weighted by molar-refractivity contribution is 7.26. The molecular formula is C60H38N2S2. The first-order valence-electron chi connectivity index (χ1n) is 21.8. The van der Waals surface area contributed by atoms with Crippen LogP contribution in [0.15, 0.2) is 231 Å². The Morgan fingerprint density at radius 1 is 0.312 bits per heavy atom. The van der Waals surface area contributed by atoms with Crippen LogP contribution < -0.4 is 4.90 Å². The molecule has 0 aliphatic carbocycles. The molecule has 0 aliphatic heterocycles. The van der Waals surface area contributed by atoms with Crippen LogP contribution in [0.25, 0.3) is 101 Å². The average molecular weight is 851 g/mol. The fraction of sp³-hybridized carbons (Fsp3) is 0. The summed E-state index contributed by atoms with van der Waals surface area (Å²) in [6.45, 7) is 0. The monoisotopic (exact) mass is 850 g/mol. The molecule has 10 aromatic carbocycles. The second-order valence-corrected chi connectivity index (χ2v) is 18.5. The summed E-state index contributed by atoms with van der Waals surface area (Å²) >= 11 is 3.76. The van der Waals surface area contributed by atoms with Crippen LogP contribution in [-0.4, -0.2) is 4.57 Å². The van der Waals surface area contributed by atoms with Gasteiger partial charge in [0.2, 0.25) is 0 Å². The Morgan fingerprint density at radius 3 is 1.53 bits per heavy atom. The predicted octanol–water partition coefficient (Wildman–Crippen LogP) is 18.0. The van der Waals surface area contributed by atoms with E-state index in [-0.39, 0.29) is 0 Å². The Bertz CT molecular complexity index is 3910. The molecule has 13 aromatic rings. The van der Waals surface area contributed by atoms with Gasteiger partial charge in [-0.15, -0.1) is 22.7 Å². The second-order valence-electron chi connectivity index (χ2n) is 16.4. The highest BCUT2D eigenvalue weighted by atomic mass is 32.1. The molecule has 0 spiro atoms. The smallest absolute Gasteiger partial charge is 0.0562 e. The van der Waals surface area contributed by atoms with Crippen LogP contribution >= 0.6 is 22.7 Å². The molecule has 0 aliphatic rings. The quantitative estimate of drug-likeness (QED) is 0.155. The van der Waals surface area contributed by atoms with Crippen molar-refractivity contribution in [2.45, 2.75) is 0 Å². The van der Waals surface area contributed by atoms with Crippen molar-refractivity contribution in [2.24, 2.45) is 0 Å². The third kappa shape index (κ3) is 5.84. The van der Waals surface area contributed by atoms with Gasteiger partial charge in [0.25, 0.3) is 0 Å². The number of para-hydroxylation sites is 3. The van der Waals surface area contributed by atoms with E-state index >= 15 is 0 Å². The van der Waals surface area contributed by atoms with Crippen molar-refractivity contribution in [3.63, 3.8) is 0 Å². The Hall–Kier alpha value is -7.76. The number of anilines is 3. The average Bonchev–Trinajstić information content (AvgIpc) is 4.04. The zero-order chi connectivity index (χ0) is 42.1. The number of aromatic nitrogens is 1. The molecule has 0 saturated carbocycles. The van der Waals surface area contributed by atoms with E-state index in [0.29, 0.717) is 0 Å². The first-order valence-corrected chi connectivity index (χ1v) is 23.4. The third-order valence-electron chi connectivity index (χ3n) is 12.8. The number of hydrogen-bond donors (Lipinski definition) is 0. The molecule has 0 amide bonds. The number of rotatable bonds is 7. The van der Waals surface area contributed by atoms with Crippen LogP contribution in [0.4, 0.5) is 17.1 Å². The zero-order valence-electron chi connectivity index (χ0n) is 34.7. The summed E-state index contributed by atoms with van der Waals surface area (Å²) < 4.78 is 7.72. The highest BCUT2D eigenvalue weighted by Crippen LogP contribution is 2.48. The molecule has 0 atom stereocenters. The van der Waals surface area contributed by atoms with Gasteiger partial charge < -0.3 is 9.47 Å². The summed E-state index contributed by atoms with van der Waals surface area (Å²) in [4.78, 5) is 2.46. The Kier molecular flexibility index (Phi) is 8.61. The van der Waals surface area contributed by atoms with E-state index in [4.69, 9.17) is 0 Å². The molecule has 300 valence electrons. The summed E-state index contributed by atoms with van der Waals surface area (Å²) in [5.74, 6) is 0. The van der Waals surface area contributed by atoms with Crippen LogP contribution in [-0.2, 0) is 0 Å². The molecule has 64 heavy (non-hydrogen) atoms. The molecule has 3 aromatic heterocycles. The van der Waals surface area contributed by atoms with Crippen molar-refractivity contribution in [1.82, 2.24) is 4.57 Å². The summed E-state index contributed by atoms with van der Waals surface area (Å²) in [5, 5.41) is 7.66. The maximum atomic E-state index is 2.50. The minimum absolute atomic E-state index is 1.09. The van der Waals surface area contributed by atoms with Crippen LogP contribution in [0.3, 0.4) is 0 Å². The van der Waals surface area contributed by atoms with Crippen molar-refractivity contribution in [3.8, 4) is 39.1 Å². The molecule has 0 bridgehead atoms. The largest absolute Gasteiger partial charge is 0.310 e. The lowest BCUT2D eigenvalue weighted by molar-refractivity contribution is 1.18. The predicted molar refractivity (Wildman–Crippen MR) is 278 cm³/mol. The van der Waals surface area contributed by atoms with Gasteiger partial charge in [0.1, 0.15) is 0 Å². The van der Waals surface area contributed by atoms with Gasteiger partial charge >= 0.3 is 0 Å². The van der Waals surface area contributed by atoms with E-state index in [0.717, 1.165) is 28.3 Å². The number of fused-ring (bicyclic) bond motifs is 9. The first-order chi connectivity index (χ1) is 31.8. The van der Waals surface area contributed by atoms with Gasteiger partial charge in [-0.05, 0) is 65.7 Å². The molecule has 0 radical (unpaired) electrons. The SMILES string of the molecule is c1ccc(-c2ccc(N(c3ccc4c5ccccc5n(-c5ccccc5-c5cccc6c5sc5ccccc56)c4c3)c3ccccc3-c3cccc4c3sc3ccccc34)cc2)cc1. The van der Waals surface area contributed by atoms with Gasteiger partial charge in [0.15, 0.2) is 0 Å². The summed E-state index contributed by atoms with van der Waals surface area (Å²) in [7, 11) is 0. The van der Waals surface area contributed by atoms with Crippen LogP contribution in [0.2, 0.25) is 0 Å². The van der Waals surface area contributed by atoms with Gasteiger partial charge in [-0.2, -0.15) is 0 Å².